The molecule has 0 radical (unpaired) electrons. The topological polar surface area (TPSA) is 35.5 Å². The minimum absolute atomic E-state index is 0.425. The third kappa shape index (κ3) is 3.11. The summed E-state index contributed by atoms with van der Waals surface area (Å²) in [5, 5.41) is 16.6. The Kier molecular flexibility index (Phi) is 4.15. The van der Waals surface area contributed by atoms with Gasteiger partial charge in [-0.05, 0) is 42.2 Å². The molecule has 3 nitrogen and oxygen atoms in total. The lowest BCUT2D eigenvalue weighted by Crippen LogP contribution is -2.44. The van der Waals surface area contributed by atoms with Gasteiger partial charge >= 0.3 is 0 Å². The first-order chi connectivity index (χ1) is 12.1. The second kappa shape index (κ2) is 6.47. The molecule has 0 fully saturated rings. The van der Waals surface area contributed by atoms with Crippen molar-refractivity contribution in [2.45, 2.75) is 19.4 Å². The number of fused-ring (bicyclic) bond motifs is 3. The van der Waals surface area contributed by atoms with Crippen molar-refractivity contribution >= 4 is 39.5 Å². The van der Waals surface area contributed by atoms with Crippen LogP contribution in [0.1, 0.15) is 11.1 Å². The van der Waals surface area contributed by atoms with Crippen LogP contribution in [-0.2, 0) is 6.42 Å². The average Bonchev–Trinajstić information content (AvgIpc) is 2.62. The second-order valence-electron chi connectivity index (χ2n) is 6.56. The smallest absolute Gasteiger partial charge is 0.178 e. The molecule has 0 bridgehead atoms. The zero-order valence-corrected chi connectivity index (χ0v) is 14.9. The Morgan fingerprint density at radius 3 is 2.64 bits per heavy atom. The fourth-order valence-electron chi connectivity index (χ4n) is 3.42. The lowest BCUT2D eigenvalue weighted by atomic mass is 9.95. The van der Waals surface area contributed by atoms with Crippen LogP contribution in [0.2, 0.25) is 0 Å². The van der Waals surface area contributed by atoms with Crippen molar-refractivity contribution in [2.24, 2.45) is 0 Å². The van der Waals surface area contributed by atoms with Crippen LogP contribution < -0.4 is 10.2 Å². The first-order valence-electron chi connectivity index (χ1n) is 8.46. The Bertz CT molecular complexity index is 936. The van der Waals surface area contributed by atoms with E-state index in [0.29, 0.717) is 18.1 Å². The van der Waals surface area contributed by atoms with Gasteiger partial charge in [0.05, 0.1) is 18.3 Å². The highest BCUT2D eigenvalue weighted by molar-refractivity contribution is 7.80. The van der Waals surface area contributed by atoms with E-state index in [-0.39, 0.29) is 0 Å². The molecule has 3 aromatic rings. The van der Waals surface area contributed by atoms with Gasteiger partial charge in [0.15, 0.2) is 5.11 Å². The number of rotatable bonds is 1. The number of aliphatic hydroxyl groups excluding tert-OH is 1. The maximum absolute atomic E-state index is 10.3. The second-order valence-corrected chi connectivity index (χ2v) is 6.95. The number of nitrogens with zero attached hydrogens (tertiary/aromatic N) is 1. The molecule has 0 aromatic heterocycles. The van der Waals surface area contributed by atoms with E-state index >= 15 is 0 Å². The van der Waals surface area contributed by atoms with Crippen LogP contribution in [0.15, 0.2) is 60.7 Å². The first kappa shape index (κ1) is 16.1. The molecule has 126 valence electrons. The highest BCUT2D eigenvalue weighted by Gasteiger charge is 2.27. The van der Waals surface area contributed by atoms with Crippen LogP contribution in [0.5, 0.6) is 0 Å². The summed E-state index contributed by atoms with van der Waals surface area (Å²) >= 11 is 5.68. The molecule has 25 heavy (non-hydrogen) atoms. The van der Waals surface area contributed by atoms with Gasteiger partial charge in [0.2, 0.25) is 0 Å². The number of hydrogen-bond acceptors (Lipinski definition) is 2. The number of thiocarbonyl (C=S) groups is 1. The highest BCUT2D eigenvalue weighted by atomic mass is 32.1. The molecule has 1 heterocycles. The molecule has 0 saturated carbocycles. The van der Waals surface area contributed by atoms with Crippen molar-refractivity contribution in [1.82, 2.24) is 0 Å². The summed E-state index contributed by atoms with van der Waals surface area (Å²) in [4.78, 5) is 2.03. The number of benzene rings is 3. The average molecular weight is 348 g/mol. The maximum atomic E-state index is 10.3. The third-order valence-corrected chi connectivity index (χ3v) is 4.97. The lowest BCUT2D eigenvalue weighted by molar-refractivity contribution is 0.180. The zero-order chi connectivity index (χ0) is 17.4. The summed E-state index contributed by atoms with van der Waals surface area (Å²) in [7, 11) is 0. The van der Waals surface area contributed by atoms with Crippen LogP contribution >= 0.6 is 12.2 Å². The van der Waals surface area contributed by atoms with Crippen LogP contribution in [-0.4, -0.2) is 22.9 Å². The zero-order valence-electron chi connectivity index (χ0n) is 14.1. The van der Waals surface area contributed by atoms with Crippen molar-refractivity contribution in [3.8, 4) is 0 Å². The minimum Gasteiger partial charge on any atom is -0.391 e. The number of nitrogens with one attached hydrogen (secondary N) is 1. The Labute approximate surface area is 152 Å². The van der Waals surface area contributed by atoms with Crippen LogP contribution in [0, 0.1) is 6.92 Å². The summed E-state index contributed by atoms with van der Waals surface area (Å²) in [5.74, 6) is 0. The van der Waals surface area contributed by atoms with E-state index in [4.69, 9.17) is 12.2 Å². The first-order valence-corrected chi connectivity index (χ1v) is 8.86. The minimum atomic E-state index is -0.425. The van der Waals surface area contributed by atoms with Crippen molar-refractivity contribution in [2.75, 3.05) is 16.8 Å². The molecule has 1 atom stereocenters. The fraction of sp³-hybridized carbons (Fsp3) is 0.190. The van der Waals surface area contributed by atoms with Crippen molar-refractivity contribution in [1.29, 1.82) is 0 Å². The predicted molar refractivity (Wildman–Crippen MR) is 108 cm³/mol. The normalized spacial score (nSPS) is 16.6. The Balaban J connectivity index is 1.74. The van der Waals surface area contributed by atoms with E-state index in [1.54, 1.807) is 0 Å². The molecule has 0 amide bonds. The van der Waals surface area contributed by atoms with Crippen LogP contribution in [0.25, 0.3) is 10.8 Å². The number of aryl methyl sites for hydroxylation is 1. The third-order valence-electron chi connectivity index (χ3n) is 4.65. The molecule has 1 aliphatic rings. The molecule has 4 rings (SSSR count). The number of anilines is 2. The molecular weight excluding hydrogens is 328 g/mol. The summed E-state index contributed by atoms with van der Waals surface area (Å²) < 4.78 is 0. The van der Waals surface area contributed by atoms with E-state index in [1.165, 1.54) is 16.3 Å². The predicted octanol–water partition coefficient (Wildman–Crippen LogP) is 4.27. The van der Waals surface area contributed by atoms with Crippen molar-refractivity contribution < 1.29 is 5.11 Å². The van der Waals surface area contributed by atoms with Gasteiger partial charge < -0.3 is 15.3 Å². The van der Waals surface area contributed by atoms with Gasteiger partial charge in [0.25, 0.3) is 0 Å². The van der Waals surface area contributed by atoms with Gasteiger partial charge in [-0.2, -0.15) is 0 Å². The molecule has 1 unspecified atom stereocenters. The highest BCUT2D eigenvalue weighted by Crippen LogP contribution is 2.35. The molecular formula is C21H20N2OS. The molecule has 0 saturated heterocycles. The maximum Gasteiger partial charge on any atom is 0.178 e. The number of aliphatic hydroxyl groups is 1. The largest absolute Gasteiger partial charge is 0.391 e. The number of hydrogen-bond donors (Lipinski definition) is 2. The summed E-state index contributed by atoms with van der Waals surface area (Å²) in [6.07, 6.45) is 0.232. The standard InChI is InChI=1S/C21H20N2OS/c1-14-6-10-17(11-7-14)22-21(25)23-13-18(24)12-16-9-8-15-4-2-3-5-19(15)20(16)23/h2-11,18,24H,12-13H2,1H3,(H,22,25). The summed E-state index contributed by atoms with van der Waals surface area (Å²) in [6.45, 7) is 2.56. The SMILES string of the molecule is Cc1ccc(NC(=S)N2CC(O)Cc3ccc4ccccc4c32)cc1. The van der Waals surface area contributed by atoms with E-state index in [9.17, 15) is 5.11 Å². The molecule has 2 N–H and O–H groups in total. The van der Waals surface area contributed by atoms with Crippen molar-refractivity contribution in [3.05, 3.63) is 71.8 Å². The lowest BCUT2D eigenvalue weighted by Gasteiger charge is -2.35. The Hall–Kier alpha value is -2.43. The van der Waals surface area contributed by atoms with Gasteiger partial charge in [-0.3, -0.25) is 0 Å². The molecule has 0 aliphatic carbocycles. The van der Waals surface area contributed by atoms with E-state index in [1.807, 2.05) is 29.2 Å². The fourth-order valence-corrected chi connectivity index (χ4v) is 3.70. The Morgan fingerprint density at radius 2 is 1.84 bits per heavy atom. The van der Waals surface area contributed by atoms with Crippen LogP contribution in [0.3, 0.4) is 0 Å². The quantitative estimate of drug-likeness (QED) is 0.644. The van der Waals surface area contributed by atoms with Gasteiger partial charge in [-0.15, -0.1) is 0 Å². The van der Waals surface area contributed by atoms with Gasteiger partial charge in [0, 0.05) is 17.5 Å². The molecule has 0 spiro atoms. The van der Waals surface area contributed by atoms with Gasteiger partial charge in [-0.25, -0.2) is 0 Å². The molecule has 3 aromatic carbocycles. The van der Waals surface area contributed by atoms with Gasteiger partial charge in [0.1, 0.15) is 0 Å². The summed E-state index contributed by atoms with van der Waals surface area (Å²) in [5.41, 5.74) is 4.40. The molecule has 1 aliphatic heterocycles. The molecule has 4 heteroatoms. The summed E-state index contributed by atoms with van der Waals surface area (Å²) in [6, 6.07) is 20.7. The van der Waals surface area contributed by atoms with Gasteiger partial charge in [-0.1, -0.05) is 54.1 Å². The number of β-amino-alcohol motifs (C(OH)–C–C–N with tert-alkyl or cyclic N) is 1. The van der Waals surface area contributed by atoms with E-state index in [2.05, 4.69) is 48.6 Å². The van der Waals surface area contributed by atoms with E-state index in [0.717, 1.165) is 16.9 Å². The van der Waals surface area contributed by atoms with E-state index < -0.39 is 6.10 Å². The van der Waals surface area contributed by atoms with Crippen molar-refractivity contribution in [3.63, 3.8) is 0 Å². The monoisotopic (exact) mass is 348 g/mol. The van der Waals surface area contributed by atoms with Crippen LogP contribution in [0.4, 0.5) is 11.4 Å². The Morgan fingerprint density at radius 1 is 1.08 bits per heavy atom.